The number of hydrogen-bond acceptors (Lipinski definition) is 5. The molecule has 5 rings (SSSR count). The van der Waals surface area contributed by atoms with Crippen LogP contribution in [0.4, 0.5) is 5.82 Å². The van der Waals surface area contributed by atoms with Crippen molar-refractivity contribution in [1.29, 1.82) is 0 Å². The van der Waals surface area contributed by atoms with Crippen molar-refractivity contribution in [3.8, 4) is 17.2 Å². The molecular weight excluding hydrogens is 418 g/mol. The Morgan fingerprint density at radius 3 is 2.34 bits per heavy atom. The van der Waals surface area contributed by atoms with Crippen LogP contribution in [0.25, 0.3) is 17.2 Å². The molecule has 1 aliphatic rings. The number of amides is 1. The summed E-state index contributed by atoms with van der Waals surface area (Å²) in [6.07, 6.45) is 0. The van der Waals surface area contributed by atoms with Gasteiger partial charge in [0.1, 0.15) is 5.82 Å². The molecule has 1 aliphatic heterocycles. The van der Waals surface area contributed by atoms with E-state index in [1.54, 1.807) is 16.4 Å². The second-order valence-electron chi connectivity index (χ2n) is 7.99. The predicted molar refractivity (Wildman–Crippen MR) is 128 cm³/mol. The van der Waals surface area contributed by atoms with E-state index in [2.05, 4.69) is 46.5 Å². The maximum atomic E-state index is 12.7. The molecule has 1 amide bonds. The van der Waals surface area contributed by atoms with E-state index in [1.165, 1.54) is 5.56 Å². The van der Waals surface area contributed by atoms with Gasteiger partial charge >= 0.3 is 0 Å². The minimum atomic E-state index is -0.0593. The average Bonchev–Trinajstić information content (AvgIpc) is 3.05. The number of aryl methyl sites for hydroxylation is 3. The highest BCUT2D eigenvalue weighted by Crippen LogP contribution is 2.46. The lowest BCUT2D eigenvalue weighted by Gasteiger charge is -2.16. The molecule has 1 atom stereocenters. The van der Waals surface area contributed by atoms with Gasteiger partial charge in [-0.1, -0.05) is 60.2 Å². The fraction of sp³-hybridized carbons (Fsp3) is 0.200. The lowest BCUT2D eigenvalue weighted by Crippen LogP contribution is -2.17. The average molecular weight is 442 g/mol. The molecule has 6 nitrogen and oxygen atoms in total. The maximum Gasteiger partial charge on any atom is 0.252 e. The van der Waals surface area contributed by atoms with Crippen molar-refractivity contribution in [2.45, 2.75) is 26.0 Å². The SMILES string of the molecule is Cc1ccc(C2SCC(=O)Nc3c2c(-c2ccccc2)nn3-c2nc(C)cc(C)n2)cc1. The van der Waals surface area contributed by atoms with Crippen LogP contribution < -0.4 is 5.32 Å². The Bertz CT molecular complexity index is 1280. The van der Waals surface area contributed by atoms with Crippen LogP contribution in [-0.2, 0) is 4.79 Å². The zero-order valence-corrected chi connectivity index (χ0v) is 19.0. The molecule has 4 aromatic rings. The molecule has 160 valence electrons. The van der Waals surface area contributed by atoms with Crippen LogP contribution in [0, 0.1) is 20.8 Å². The van der Waals surface area contributed by atoms with Gasteiger partial charge < -0.3 is 5.32 Å². The Labute approximate surface area is 191 Å². The Morgan fingerprint density at radius 2 is 1.66 bits per heavy atom. The third-order valence-electron chi connectivity index (χ3n) is 5.41. The Hall–Kier alpha value is -3.45. The fourth-order valence-electron chi connectivity index (χ4n) is 3.97. The predicted octanol–water partition coefficient (Wildman–Crippen LogP) is 5.03. The molecule has 0 aliphatic carbocycles. The number of anilines is 1. The lowest BCUT2D eigenvalue weighted by atomic mass is 9.99. The standard InChI is InChI=1S/C25H23N5OS/c1-15-9-11-19(12-10-15)23-21-22(18-7-5-4-6-8-18)29-30(24(21)28-20(31)14-32-23)25-26-16(2)13-17(3)27-25/h4-13,23H,14H2,1-3H3,(H,28,31). The minimum absolute atomic E-state index is 0.0561. The summed E-state index contributed by atoms with van der Waals surface area (Å²) < 4.78 is 1.68. The van der Waals surface area contributed by atoms with Gasteiger partial charge in [0.25, 0.3) is 5.95 Å². The first kappa shape index (κ1) is 20.5. The molecule has 1 N–H and O–H groups in total. The van der Waals surface area contributed by atoms with E-state index in [4.69, 9.17) is 5.10 Å². The van der Waals surface area contributed by atoms with Crippen molar-refractivity contribution in [2.24, 2.45) is 0 Å². The number of hydrogen-bond donors (Lipinski definition) is 1. The second kappa shape index (κ2) is 8.24. The quantitative estimate of drug-likeness (QED) is 0.483. The summed E-state index contributed by atoms with van der Waals surface area (Å²) in [5.74, 6) is 1.39. The van der Waals surface area contributed by atoms with Gasteiger partial charge in [-0.05, 0) is 32.4 Å². The summed E-state index contributed by atoms with van der Waals surface area (Å²) in [7, 11) is 0. The summed E-state index contributed by atoms with van der Waals surface area (Å²) in [5.41, 5.74) is 6.81. The first-order valence-electron chi connectivity index (χ1n) is 10.5. The van der Waals surface area contributed by atoms with E-state index in [0.717, 1.165) is 33.8 Å². The zero-order valence-electron chi connectivity index (χ0n) is 18.2. The summed E-state index contributed by atoms with van der Waals surface area (Å²) in [6, 6.07) is 20.5. The summed E-state index contributed by atoms with van der Waals surface area (Å²) in [6.45, 7) is 5.94. The van der Waals surface area contributed by atoms with E-state index >= 15 is 0 Å². The molecular formula is C25H23N5OS. The molecule has 32 heavy (non-hydrogen) atoms. The third kappa shape index (κ3) is 3.80. The van der Waals surface area contributed by atoms with Gasteiger partial charge in [-0.2, -0.15) is 9.78 Å². The van der Waals surface area contributed by atoms with Crippen molar-refractivity contribution < 1.29 is 4.79 Å². The molecule has 2 aromatic heterocycles. The van der Waals surface area contributed by atoms with Crippen LogP contribution in [-0.4, -0.2) is 31.4 Å². The summed E-state index contributed by atoms with van der Waals surface area (Å²) in [5, 5.41) is 7.98. The van der Waals surface area contributed by atoms with Crippen LogP contribution in [0.2, 0.25) is 0 Å². The fourth-order valence-corrected chi connectivity index (χ4v) is 5.10. The largest absolute Gasteiger partial charge is 0.309 e. The molecule has 2 aromatic carbocycles. The third-order valence-corrected chi connectivity index (χ3v) is 6.68. The number of aromatic nitrogens is 4. The Morgan fingerprint density at radius 1 is 0.969 bits per heavy atom. The highest BCUT2D eigenvalue weighted by atomic mass is 32.2. The number of fused-ring (bicyclic) bond motifs is 1. The van der Waals surface area contributed by atoms with Gasteiger partial charge in [-0.3, -0.25) is 4.79 Å². The molecule has 0 radical (unpaired) electrons. The Kier molecular flexibility index (Phi) is 5.27. The number of carbonyl (C=O) groups is 1. The number of carbonyl (C=O) groups excluding carboxylic acids is 1. The van der Waals surface area contributed by atoms with Gasteiger partial charge in [-0.25, -0.2) is 9.97 Å². The molecule has 1 unspecified atom stereocenters. The number of nitrogens with zero attached hydrogens (tertiary/aromatic N) is 4. The number of nitrogens with one attached hydrogen (secondary N) is 1. The van der Waals surface area contributed by atoms with Crippen LogP contribution in [0.15, 0.2) is 60.7 Å². The van der Waals surface area contributed by atoms with E-state index in [1.807, 2.05) is 50.2 Å². The van der Waals surface area contributed by atoms with Crippen molar-refractivity contribution in [3.63, 3.8) is 0 Å². The first-order valence-corrected chi connectivity index (χ1v) is 11.5. The van der Waals surface area contributed by atoms with E-state index in [9.17, 15) is 4.79 Å². The monoisotopic (exact) mass is 441 g/mol. The van der Waals surface area contributed by atoms with Gasteiger partial charge in [-0.15, -0.1) is 11.8 Å². The molecule has 0 saturated carbocycles. The normalized spacial score (nSPS) is 15.7. The summed E-state index contributed by atoms with van der Waals surface area (Å²) >= 11 is 1.61. The minimum Gasteiger partial charge on any atom is -0.309 e. The van der Waals surface area contributed by atoms with Crippen molar-refractivity contribution >= 4 is 23.5 Å². The molecule has 3 heterocycles. The Balaban J connectivity index is 1.80. The summed E-state index contributed by atoms with van der Waals surface area (Å²) in [4.78, 5) is 22.0. The lowest BCUT2D eigenvalue weighted by molar-refractivity contribution is -0.113. The number of thioether (sulfide) groups is 1. The second-order valence-corrected chi connectivity index (χ2v) is 9.08. The van der Waals surface area contributed by atoms with Gasteiger partial charge in [0, 0.05) is 22.5 Å². The number of rotatable bonds is 3. The molecule has 7 heteroatoms. The molecule has 0 spiro atoms. The molecule has 0 saturated heterocycles. The van der Waals surface area contributed by atoms with Crippen LogP contribution in [0.1, 0.15) is 33.3 Å². The molecule has 0 fully saturated rings. The van der Waals surface area contributed by atoms with Gasteiger partial charge in [0.2, 0.25) is 5.91 Å². The topological polar surface area (TPSA) is 72.7 Å². The maximum absolute atomic E-state index is 12.7. The van der Waals surface area contributed by atoms with E-state index < -0.39 is 0 Å². The van der Waals surface area contributed by atoms with Crippen molar-refractivity contribution in [1.82, 2.24) is 19.7 Å². The van der Waals surface area contributed by atoms with E-state index in [-0.39, 0.29) is 11.2 Å². The first-order chi connectivity index (χ1) is 15.5. The van der Waals surface area contributed by atoms with Crippen molar-refractivity contribution in [2.75, 3.05) is 11.1 Å². The van der Waals surface area contributed by atoms with Crippen LogP contribution in [0.3, 0.4) is 0 Å². The molecule has 0 bridgehead atoms. The van der Waals surface area contributed by atoms with Gasteiger partial charge in [0.05, 0.1) is 16.7 Å². The highest BCUT2D eigenvalue weighted by molar-refractivity contribution is 8.00. The smallest absolute Gasteiger partial charge is 0.252 e. The highest BCUT2D eigenvalue weighted by Gasteiger charge is 2.33. The van der Waals surface area contributed by atoms with Crippen molar-refractivity contribution in [3.05, 3.63) is 88.7 Å². The number of benzene rings is 2. The van der Waals surface area contributed by atoms with Crippen LogP contribution in [0.5, 0.6) is 0 Å². The van der Waals surface area contributed by atoms with Crippen LogP contribution >= 0.6 is 11.8 Å². The zero-order chi connectivity index (χ0) is 22.2. The van der Waals surface area contributed by atoms with Gasteiger partial charge in [0.15, 0.2) is 0 Å². The van der Waals surface area contributed by atoms with E-state index in [0.29, 0.717) is 17.5 Å².